The molecule has 0 heterocycles. The number of ketones is 4. The number of carbonyl (C=O) groups is 5. The third-order valence-electron chi connectivity index (χ3n) is 8.49. The van der Waals surface area contributed by atoms with Crippen LogP contribution in [0.4, 0.5) is 0 Å². The van der Waals surface area contributed by atoms with E-state index in [0.717, 1.165) is 0 Å². The predicted molar refractivity (Wildman–Crippen MR) is 139 cm³/mol. The minimum absolute atomic E-state index is 0.0222. The van der Waals surface area contributed by atoms with E-state index < -0.39 is 69.8 Å². The summed E-state index contributed by atoms with van der Waals surface area (Å²) < 4.78 is 0. The maximum atomic E-state index is 14.1. The van der Waals surface area contributed by atoms with Gasteiger partial charge in [0.15, 0.2) is 34.7 Å². The number of carbonyl (C=O) groups excluding carboxylic acids is 5. The smallest absolute Gasteiger partial charge is 0.235 e. The number of Topliss-reactive ketones (excluding diaryl/α,β-unsaturated/α-hetero) is 4. The van der Waals surface area contributed by atoms with E-state index in [1.54, 1.807) is 27.1 Å². The molecule has 1 aromatic rings. The molecule has 11 nitrogen and oxygen atoms in total. The molecule has 0 radical (unpaired) electrons. The Morgan fingerprint density at radius 1 is 1.18 bits per heavy atom. The van der Waals surface area contributed by atoms with Crippen molar-refractivity contribution in [2.75, 3.05) is 21.2 Å². The van der Waals surface area contributed by atoms with Crippen LogP contribution < -0.4 is 5.73 Å². The second-order valence-electron chi connectivity index (χ2n) is 12.1. The molecule has 210 valence electrons. The zero-order chi connectivity index (χ0) is 29.4. The number of oxime groups is 1. The first kappa shape index (κ1) is 28.6. The van der Waals surface area contributed by atoms with Crippen molar-refractivity contribution in [2.24, 2.45) is 34.6 Å². The van der Waals surface area contributed by atoms with Gasteiger partial charge < -0.3 is 20.8 Å². The van der Waals surface area contributed by atoms with Crippen LogP contribution >= 0.6 is 0 Å². The molecule has 0 aliphatic heterocycles. The summed E-state index contributed by atoms with van der Waals surface area (Å²) in [6, 6.07) is 0.605. The van der Waals surface area contributed by atoms with Crippen LogP contribution in [0.1, 0.15) is 61.2 Å². The Hall–Kier alpha value is -3.44. The zero-order valence-corrected chi connectivity index (χ0v) is 23.2. The second-order valence-corrected chi connectivity index (χ2v) is 12.1. The summed E-state index contributed by atoms with van der Waals surface area (Å²) in [5, 5.41) is 27.1. The van der Waals surface area contributed by atoms with Crippen molar-refractivity contribution >= 4 is 34.8 Å². The van der Waals surface area contributed by atoms with E-state index in [1.807, 2.05) is 20.8 Å². The normalized spacial score (nSPS) is 31.1. The topological polar surface area (TPSA) is 177 Å². The highest BCUT2D eigenvalue weighted by Crippen LogP contribution is 2.52. The number of benzene rings is 1. The van der Waals surface area contributed by atoms with E-state index in [0.29, 0.717) is 22.4 Å². The van der Waals surface area contributed by atoms with Gasteiger partial charge >= 0.3 is 0 Å². The fourth-order valence-electron chi connectivity index (χ4n) is 6.75. The first-order valence-corrected chi connectivity index (χ1v) is 12.8. The Kier molecular flexibility index (Phi) is 6.84. The van der Waals surface area contributed by atoms with Crippen LogP contribution in [-0.4, -0.2) is 82.7 Å². The number of amides is 1. The van der Waals surface area contributed by atoms with Crippen LogP contribution in [0.2, 0.25) is 0 Å². The highest BCUT2D eigenvalue weighted by atomic mass is 16.6. The van der Waals surface area contributed by atoms with Gasteiger partial charge in [-0.05, 0) is 56.8 Å². The van der Waals surface area contributed by atoms with Crippen LogP contribution in [0.25, 0.3) is 0 Å². The summed E-state index contributed by atoms with van der Waals surface area (Å²) in [5.41, 5.74) is 3.92. The molecule has 2 saturated carbocycles. The fourth-order valence-corrected chi connectivity index (χ4v) is 6.75. The molecular weight excluding hydrogens is 506 g/mol. The average molecular weight is 542 g/mol. The molecule has 0 bridgehead atoms. The highest BCUT2D eigenvalue weighted by Gasteiger charge is 2.69. The molecule has 4 N–H and O–H groups in total. The SMILES string of the molecule is CON=C(C)c1cc(C(C)(C)C)c(O)c2c1C[C@H]1C[C@H]3[C@H](N(C)C)C(=O)C(C(N)=O)C(=O)[C@@]3(O)C(=O)C1C2=O. The van der Waals surface area contributed by atoms with E-state index >= 15 is 0 Å². The van der Waals surface area contributed by atoms with Crippen molar-refractivity contribution in [1.82, 2.24) is 4.90 Å². The van der Waals surface area contributed by atoms with E-state index in [1.165, 1.54) is 12.0 Å². The van der Waals surface area contributed by atoms with E-state index in [4.69, 9.17) is 10.6 Å². The zero-order valence-electron chi connectivity index (χ0n) is 23.2. The summed E-state index contributed by atoms with van der Waals surface area (Å²) in [6.45, 7) is 7.28. The third-order valence-corrected chi connectivity index (χ3v) is 8.49. The number of hydrogen-bond acceptors (Lipinski definition) is 10. The van der Waals surface area contributed by atoms with Crippen LogP contribution in [0.3, 0.4) is 0 Å². The highest BCUT2D eigenvalue weighted by molar-refractivity contribution is 6.32. The maximum Gasteiger partial charge on any atom is 0.235 e. The number of aromatic hydroxyl groups is 1. The number of phenolic OH excluding ortho intramolecular Hbond substituents is 1. The van der Waals surface area contributed by atoms with Crippen molar-refractivity contribution in [3.05, 3.63) is 28.3 Å². The van der Waals surface area contributed by atoms with Crippen molar-refractivity contribution in [1.29, 1.82) is 0 Å². The number of nitrogens with two attached hydrogens (primary N) is 1. The lowest BCUT2D eigenvalue weighted by atomic mass is 9.52. The summed E-state index contributed by atoms with van der Waals surface area (Å²) >= 11 is 0. The number of primary amides is 1. The lowest BCUT2D eigenvalue weighted by Crippen LogP contribution is -2.74. The number of likely N-dealkylation sites (N-methyl/N-ethyl adjacent to an activating group) is 1. The molecule has 3 aliphatic rings. The van der Waals surface area contributed by atoms with Crippen LogP contribution in [0.15, 0.2) is 11.2 Å². The molecule has 2 fully saturated rings. The summed E-state index contributed by atoms with van der Waals surface area (Å²) in [5.74, 6) is -10.7. The van der Waals surface area contributed by atoms with Crippen molar-refractivity contribution in [2.45, 2.75) is 57.6 Å². The maximum absolute atomic E-state index is 14.1. The lowest BCUT2D eigenvalue weighted by molar-refractivity contribution is -0.181. The molecular formula is C28H35N3O8. The molecule has 11 heteroatoms. The van der Waals surface area contributed by atoms with E-state index in [9.17, 15) is 34.2 Å². The van der Waals surface area contributed by atoms with Gasteiger partial charge in [-0.1, -0.05) is 25.9 Å². The minimum Gasteiger partial charge on any atom is -0.507 e. The number of fused-ring (bicyclic) bond motifs is 3. The van der Waals surface area contributed by atoms with Crippen LogP contribution in [0.5, 0.6) is 5.75 Å². The van der Waals surface area contributed by atoms with Gasteiger partial charge in [-0.25, -0.2) is 0 Å². The summed E-state index contributed by atoms with van der Waals surface area (Å²) in [6.07, 6.45) is 0.126. The number of rotatable bonds is 4. The van der Waals surface area contributed by atoms with Gasteiger partial charge in [-0.15, -0.1) is 0 Å². The molecule has 1 amide bonds. The number of phenols is 1. The van der Waals surface area contributed by atoms with Gasteiger partial charge in [0.05, 0.1) is 23.2 Å². The van der Waals surface area contributed by atoms with Crippen molar-refractivity contribution in [3.63, 3.8) is 0 Å². The number of aliphatic hydroxyl groups is 1. The predicted octanol–water partition coefficient (Wildman–Crippen LogP) is 0.535. The van der Waals surface area contributed by atoms with Gasteiger partial charge in [0, 0.05) is 17.0 Å². The summed E-state index contributed by atoms with van der Waals surface area (Å²) in [7, 11) is 4.48. The number of hydrogen-bond donors (Lipinski definition) is 3. The van der Waals surface area contributed by atoms with Gasteiger partial charge in [-0.3, -0.25) is 28.9 Å². The Morgan fingerprint density at radius 2 is 1.79 bits per heavy atom. The molecule has 1 aromatic carbocycles. The largest absolute Gasteiger partial charge is 0.507 e. The van der Waals surface area contributed by atoms with E-state index in [-0.39, 0.29) is 24.2 Å². The van der Waals surface area contributed by atoms with Gasteiger partial charge in [0.1, 0.15) is 12.9 Å². The average Bonchev–Trinajstić information content (AvgIpc) is 2.80. The Balaban J connectivity index is 1.95. The van der Waals surface area contributed by atoms with Crippen molar-refractivity contribution in [3.8, 4) is 5.75 Å². The monoisotopic (exact) mass is 541 g/mol. The number of nitrogens with zero attached hydrogens (tertiary/aromatic N) is 2. The van der Waals surface area contributed by atoms with Crippen LogP contribution in [0, 0.1) is 23.7 Å². The van der Waals surface area contributed by atoms with Crippen molar-refractivity contribution < 1.29 is 39.0 Å². The molecule has 0 spiro atoms. The van der Waals surface area contributed by atoms with Crippen LogP contribution in [-0.2, 0) is 35.9 Å². The quantitative estimate of drug-likeness (QED) is 0.279. The molecule has 2 unspecified atom stereocenters. The Bertz CT molecular complexity index is 1340. The minimum atomic E-state index is -2.76. The molecule has 0 saturated heterocycles. The first-order chi connectivity index (χ1) is 18.0. The van der Waals surface area contributed by atoms with Gasteiger partial charge in [0.2, 0.25) is 5.91 Å². The van der Waals surface area contributed by atoms with E-state index in [2.05, 4.69) is 5.16 Å². The Labute approximate surface area is 226 Å². The molecule has 3 aliphatic carbocycles. The molecule has 4 rings (SSSR count). The van der Waals surface area contributed by atoms with Gasteiger partial charge in [0.25, 0.3) is 0 Å². The molecule has 0 aromatic heterocycles. The Morgan fingerprint density at radius 3 is 2.31 bits per heavy atom. The molecule has 39 heavy (non-hydrogen) atoms. The lowest BCUT2D eigenvalue weighted by Gasteiger charge is -2.52. The second kappa shape index (κ2) is 9.34. The fraction of sp³-hybridized carbons (Fsp3) is 0.571. The standard InChI is InChI=1S/C28H35N3O8/c1-11(30-39-7)13-10-16(27(2,3)4)21(32)18-14(13)8-12-9-15-20(31(5)6)23(34)19(26(29)37)25(36)28(15,38)24(35)17(12)22(18)33/h10,12,15,17,19-20,32,38H,8-9H2,1-7H3,(H2,29,37)/t12-,15-,17?,19?,20-,28-/m0/s1. The molecule has 6 atom stereocenters. The third kappa shape index (κ3) is 4.01. The first-order valence-electron chi connectivity index (χ1n) is 12.8. The van der Waals surface area contributed by atoms with Gasteiger partial charge in [-0.2, -0.15) is 0 Å². The summed E-state index contributed by atoms with van der Waals surface area (Å²) in [4.78, 5) is 73.2.